The minimum Gasteiger partial charge on any atom is -0.380 e. The Hall–Kier alpha value is -0.160. The van der Waals surface area contributed by atoms with E-state index in [1.807, 2.05) is 0 Å². The number of hydrogen-bond donors (Lipinski definition) is 0. The molecule has 0 spiro atoms. The third-order valence-electron chi connectivity index (χ3n) is 4.75. The maximum Gasteiger partial charge on any atom is 0.0566 e. The van der Waals surface area contributed by atoms with Crippen LogP contribution >= 0.6 is 0 Å². The van der Waals surface area contributed by atoms with Gasteiger partial charge in [-0.25, -0.2) is 0 Å². The predicted octanol–water partition coefficient (Wildman–Crippen LogP) is 2.51. The van der Waals surface area contributed by atoms with E-state index >= 15 is 0 Å². The molecular weight excluding hydrogens is 256 g/mol. The lowest BCUT2D eigenvalue weighted by Crippen LogP contribution is -2.46. The molecule has 0 radical (unpaired) electrons. The van der Waals surface area contributed by atoms with Crippen LogP contribution in [0, 0.1) is 16.7 Å². The average molecular weight is 286 g/mol. The molecule has 0 saturated carbocycles. The molecule has 0 N–H and O–H groups in total. The monoisotopic (exact) mass is 286 g/mol. The van der Waals surface area contributed by atoms with Crippen molar-refractivity contribution in [2.24, 2.45) is 16.7 Å². The normalized spacial score (nSPS) is 23.4. The Morgan fingerprint density at radius 3 is 1.50 bits per heavy atom. The fourth-order valence-electron chi connectivity index (χ4n) is 2.56. The number of hydrogen-bond acceptors (Lipinski definition) is 4. The summed E-state index contributed by atoms with van der Waals surface area (Å²) < 4.78 is 22.3. The first kappa shape index (κ1) is 16.2. The van der Waals surface area contributed by atoms with Gasteiger partial charge in [-0.1, -0.05) is 20.8 Å². The van der Waals surface area contributed by atoms with Gasteiger partial charge in [-0.15, -0.1) is 0 Å². The number of ether oxygens (including phenoxy) is 4. The minimum atomic E-state index is 0.288. The summed E-state index contributed by atoms with van der Waals surface area (Å²) in [6, 6.07) is 0. The summed E-state index contributed by atoms with van der Waals surface area (Å²) >= 11 is 0. The van der Waals surface area contributed by atoms with Gasteiger partial charge in [0.2, 0.25) is 0 Å². The standard InChI is InChI=1S/C16H30O4/c1-4-15(10-19-11-15)8-17-6-14(3)7-18-9-16(5-2)12-20-13-16/h14H,4-13H2,1-3H3. The molecule has 0 aromatic heterocycles. The summed E-state index contributed by atoms with van der Waals surface area (Å²) in [4.78, 5) is 0. The van der Waals surface area contributed by atoms with Gasteiger partial charge in [-0.3, -0.25) is 0 Å². The van der Waals surface area contributed by atoms with Crippen LogP contribution in [0.1, 0.15) is 33.6 Å². The summed E-state index contributed by atoms with van der Waals surface area (Å²) in [5.74, 6) is 0.444. The van der Waals surface area contributed by atoms with E-state index in [-0.39, 0.29) is 10.8 Å². The van der Waals surface area contributed by atoms with Crippen molar-refractivity contribution in [3.05, 3.63) is 0 Å². The summed E-state index contributed by atoms with van der Waals surface area (Å²) in [7, 11) is 0. The lowest BCUT2D eigenvalue weighted by Gasteiger charge is -2.41. The SMILES string of the molecule is CCC1(COCC(C)COCC2(CC)COC2)COC1. The maximum absolute atomic E-state index is 5.86. The van der Waals surface area contributed by atoms with Gasteiger partial charge in [0.25, 0.3) is 0 Å². The first-order chi connectivity index (χ1) is 9.64. The third kappa shape index (κ3) is 3.94. The average Bonchev–Trinajstić information content (AvgIpc) is 2.36. The van der Waals surface area contributed by atoms with E-state index in [0.29, 0.717) is 5.92 Å². The number of rotatable bonds is 10. The van der Waals surface area contributed by atoms with Gasteiger partial charge >= 0.3 is 0 Å². The first-order valence-corrected chi connectivity index (χ1v) is 7.95. The molecule has 0 aromatic rings. The molecule has 2 rings (SSSR count). The molecule has 4 heteroatoms. The second-order valence-electron chi connectivity index (χ2n) is 6.83. The van der Waals surface area contributed by atoms with Crippen LogP contribution in [-0.4, -0.2) is 52.9 Å². The molecule has 118 valence electrons. The van der Waals surface area contributed by atoms with Crippen molar-refractivity contribution >= 4 is 0 Å². The van der Waals surface area contributed by atoms with Gasteiger partial charge in [0.15, 0.2) is 0 Å². The van der Waals surface area contributed by atoms with Crippen molar-refractivity contribution in [3.8, 4) is 0 Å². The zero-order chi connectivity index (χ0) is 14.5. The summed E-state index contributed by atoms with van der Waals surface area (Å²) in [6.45, 7) is 13.2. The first-order valence-electron chi connectivity index (χ1n) is 7.95. The second-order valence-corrected chi connectivity index (χ2v) is 6.83. The molecular formula is C16H30O4. The highest BCUT2D eigenvalue weighted by molar-refractivity contribution is 4.84. The molecule has 2 fully saturated rings. The van der Waals surface area contributed by atoms with Crippen molar-refractivity contribution < 1.29 is 18.9 Å². The Labute approximate surface area is 123 Å². The fourth-order valence-corrected chi connectivity index (χ4v) is 2.56. The zero-order valence-corrected chi connectivity index (χ0v) is 13.3. The van der Waals surface area contributed by atoms with Gasteiger partial charge in [0, 0.05) is 16.7 Å². The third-order valence-corrected chi connectivity index (χ3v) is 4.75. The molecule has 0 aliphatic carbocycles. The molecule has 4 nitrogen and oxygen atoms in total. The van der Waals surface area contributed by atoms with E-state index in [0.717, 1.165) is 65.7 Å². The van der Waals surface area contributed by atoms with E-state index in [2.05, 4.69) is 20.8 Å². The highest BCUT2D eigenvalue weighted by atomic mass is 16.5. The molecule has 2 heterocycles. The van der Waals surface area contributed by atoms with E-state index in [1.54, 1.807) is 0 Å². The van der Waals surface area contributed by atoms with Crippen LogP contribution in [0.2, 0.25) is 0 Å². The molecule has 2 aliphatic rings. The fraction of sp³-hybridized carbons (Fsp3) is 1.00. The van der Waals surface area contributed by atoms with Gasteiger partial charge in [0.05, 0.1) is 52.9 Å². The summed E-state index contributed by atoms with van der Waals surface area (Å²) in [6.07, 6.45) is 2.27. The topological polar surface area (TPSA) is 36.9 Å². The minimum absolute atomic E-state index is 0.288. The molecule has 0 amide bonds. The zero-order valence-electron chi connectivity index (χ0n) is 13.3. The van der Waals surface area contributed by atoms with Crippen LogP contribution in [0.3, 0.4) is 0 Å². The molecule has 20 heavy (non-hydrogen) atoms. The van der Waals surface area contributed by atoms with Crippen LogP contribution in [0.15, 0.2) is 0 Å². The van der Waals surface area contributed by atoms with E-state index in [9.17, 15) is 0 Å². The van der Waals surface area contributed by atoms with Crippen molar-refractivity contribution in [1.82, 2.24) is 0 Å². The Balaban J connectivity index is 1.53. The molecule has 2 saturated heterocycles. The summed E-state index contributed by atoms with van der Waals surface area (Å²) in [5, 5.41) is 0. The van der Waals surface area contributed by atoms with Crippen molar-refractivity contribution in [2.45, 2.75) is 33.6 Å². The van der Waals surface area contributed by atoms with Gasteiger partial charge in [-0.05, 0) is 12.8 Å². The lowest BCUT2D eigenvalue weighted by atomic mass is 9.84. The van der Waals surface area contributed by atoms with Crippen LogP contribution in [-0.2, 0) is 18.9 Å². The largest absolute Gasteiger partial charge is 0.380 e. The van der Waals surface area contributed by atoms with Crippen LogP contribution in [0.25, 0.3) is 0 Å². The smallest absolute Gasteiger partial charge is 0.0566 e. The Bertz CT molecular complexity index is 245. The van der Waals surface area contributed by atoms with E-state index < -0.39 is 0 Å². The van der Waals surface area contributed by atoms with Crippen LogP contribution < -0.4 is 0 Å². The van der Waals surface area contributed by atoms with Gasteiger partial charge in [-0.2, -0.15) is 0 Å². The quantitative estimate of drug-likeness (QED) is 0.618. The van der Waals surface area contributed by atoms with Crippen LogP contribution in [0.5, 0.6) is 0 Å². The van der Waals surface area contributed by atoms with Crippen molar-refractivity contribution in [2.75, 3.05) is 52.9 Å². The Morgan fingerprint density at radius 2 is 1.25 bits per heavy atom. The molecule has 0 aromatic carbocycles. The van der Waals surface area contributed by atoms with Crippen molar-refractivity contribution in [3.63, 3.8) is 0 Å². The predicted molar refractivity (Wildman–Crippen MR) is 77.9 cm³/mol. The highest BCUT2D eigenvalue weighted by Gasteiger charge is 2.38. The second kappa shape index (κ2) is 7.21. The summed E-state index contributed by atoms with van der Waals surface area (Å²) in [5.41, 5.74) is 0.576. The Morgan fingerprint density at radius 1 is 0.850 bits per heavy atom. The van der Waals surface area contributed by atoms with E-state index in [4.69, 9.17) is 18.9 Å². The van der Waals surface area contributed by atoms with Gasteiger partial charge in [0.1, 0.15) is 0 Å². The lowest BCUT2D eigenvalue weighted by molar-refractivity contribution is -0.161. The Kier molecular flexibility index (Phi) is 5.84. The van der Waals surface area contributed by atoms with E-state index in [1.165, 1.54) is 0 Å². The maximum atomic E-state index is 5.86. The molecule has 2 aliphatic heterocycles. The molecule has 0 bridgehead atoms. The van der Waals surface area contributed by atoms with Crippen LogP contribution in [0.4, 0.5) is 0 Å². The molecule has 0 unspecified atom stereocenters. The highest BCUT2D eigenvalue weighted by Crippen LogP contribution is 2.32. The van der Waals surface area contributed by atoms with Gasteiger partial charge < -0.3 is 18.9 Å². The molecule has 0 atom stereocenters. The van der Waals surface area contributed by atoms with Crippen molar-refractivity contribution in [1.29, 1.82) is 0 Å².